The number of Topliss-reactive ketones (excluding diaryl/α,β-unsaturated/α-hetero) is 2. The Bertz CT molecular complexity index is 1370. The number of hydrogen-bond donors (Lipinski definition) is 2. The number of ether oxygens (including phenoxy) is 2. The predicted molar refractivity (Wildman–Crippen MR) is 112 cm³/mol. The smallest absolute Gasteiger partial charge is 0.170 e. The lowest BCUT2D eigenvalue weighted by molar-refractivity contribution is -0.0617. The van der Waals surface area contributed by atoms with Gasteiger partial charge in [0, 0.05) is 34.9 Å². The van der Waals surface area contributed by atoms with Crippen molar-refractivity contribution in [2.75, 3.05) is 13.2 Å². The fraction of sp³-hybridized carbons (Fsp3) is 0.417. The topological polar surface area (TPSA) is 93.1 Å². The third-order valence-electron chi connectivity index (χ3n) is 8.74. The molecule has 32 heavy (non-hydrogen) atoms. The van der Waals surface area contributed by atoms with Gasteiger partial charge < -0.3 is 19.7 Å². The van der Waals surface area contributed by atoms with Crippen LogP contribution in [0.25, 0.3) is 0 Å². The largest absolute Gasteiger partial charge is 0.506 e. The van der Waals surface area contributed by atoms with Gasteiger partial charge in [-0.15, -0.1) is 0 Å². The lowest BCUT2D eigenvalue weighted by Gasteiger charge is -2.40. The van der Waals surface area contributed by atoms with Crippen LogP contribution < -0.4 is 4.74 Å². The molecule has 2 N–H and O–H groups in total. The Morgan fingerprint density at radius 2 is 1.50 bits per heavy atom. The van der Waals surface area contributed by atoms with Gasteiger partial charge in [-0.05, 0) is 30.4 Å². The molecule has 2 fully saturated rings. The number of ketones is 2. The zero-order valence-corrected chi connectivity index (χ0v) is 18.1. The molecule has 162 valence electrons. The van der Waals surface area contributed by atoms with Crippen LogP contribution in [0, 0.1) is 23.7 Å². The maximum atomic E-state index is 13.3. The highest BCUT2D eigenvalue weighted by Gasteiger charge is 2.72. The number of phenolic OH excluding ortho intramolecular Hbond substituents is 2. The first-order chi connectivity index (χ1) is 15.3. The molecule has 0 unspecified atom stereocenters. The molecular weight excluding hydrogens is 455 g/mol. The van der Waals surface area contributed by atoms with Gasteiger partial charge in [-0.3, -0.25) is 9.59 Å². The summed E-state index contributed by atoms with van der Waals surface area (Å²) in [4.78, 5) is 26.6. The van der Waals surface area contributed by atoms with E-state index >= 15 is 0 Å². The van der Waals surface area contributed by atoms with E-state index in [0.717, 1.165) is 5.56 Å². The van der Waals surface area contributed by atoms with Crippen LogP contribution in [0.1, 0.15) is 50.2 Å². The number of carbonyl (C=O) groups excluding carboxylic acids is 2. The Hall–Kier alpha value is -2.28. The summed E-state index contributed by atoms with van der Waals surface area (Å²) in [5, 5.41) is 21.9. The van der Waals surface area contributed by atoms with Gasteiger partial charge in [0.15, 0.2) is 17.2 Å². The molecule has 2 bridgehead atoms. The molecular formula is C24H16Cl2O6. The summed E-state index contributed by atoms with van der Waals surface area (Å²) < 4.78 is 13.0. The molecule has 2 heterocycles. The highest BCUT2D eigenvalue weighted by Crippen LogP contribution is 2.72. The highest BCUT2D eigenvalue weighted by molar-refractivity contribution is 6.33. The molecule has 2 saturated carbocycles. The Morgan fingerprint density at radius 1 is 0.875 bits per heavy atom. The number of benzene rings is 2. The van der Waals surface area contributed by atoms with Gasteiger partial charge in [-0.25, -0.2) is 0 Å². The van der Waals surface area contributed by atoms with Crippen molar-refractivity contribution in [3.63, 3.8) is 0 Å². The molecule has 6 nitrogen and oxygen atoms in total. The van der Waals surface area contributed by atoms with Crippen LogP contribution in [0.15, 0.2) is 12.1 Å². The number of hydrogen-bond acceptors (Lipinski definition) is 6. The summed E-state index contributed by atoms with van der Waals surface area (Å²) in [5.74, 6) is -1.00. The highest BCUT2D eigenvalue weighted by atomic mass is 35.5. The van der Waals surface area contributed by atoms with E-state index in [2.05, 4.69) is 0 Å². The zero-order chi connectivity index (χ0) is 21.9. The molecule has 2 aliphatic heterocycles. The number of aromatic hydroxyl groups is 2. The molecule has 2 aromatic carbocycles. The molecule has 8 heteroatoms. The minimum atomic E-state index is -0.992. The molecule has 0 radical (unpaired) electrons. The van der Waals surface area contributed by atoms with Crippen LogP contribution in [0.2, 0.25) is 10.0 Å². The first kappa shape index (κ1) is 18.2. The quantitative estimate of drug-likeness (QED) is 0.604. The Kier molecular flexibility index (Phi) is 2.90. The first-order valence-corrected chi connectivity index (χ1v) is 11.5. The summed E-state index contributed by atoms with van der Waals surface area (Å²) in [6, 6.07) is 3.29. The monoisotopic (exact) mass is 470 g/mol. The van der Waals surface area contributed by atoms with Crippen LogP contribution in [0.5, 0.6) is 17.2 Å². The van der Waals surface area contributed by atoms with Gasteiger partial charge in [0.05, 0.1) is 39.8 Å². The summed E-state index contributed by atoms with van der Waals surface area (Å²) >= 11 is 12.9. The molecule has 1 spiro atoms. The molecule has 6 aliphatic rings. The van der Waals surface area contributed by atoms with E-state index in [1.54, 1.807) is 12.1 Å². The average molecular weight is 471 g/mol. The van der Waals surface area contributed by atoms with E-state index in [9.17, 15) is 19.8 Å². The van der Waals surface area contributed by atoms with E-state index in [-0.39, 0.29) is 81.1 Å². The van der Waals surface area contributed by atoms with Crippen molar-refractivity contribution in [3.8, 4) is 17.2 Å². The number of phenols is 2. The average Bonchev–Trinajstić information content (AvgIpc) is 3.63. The SMILES string of the molecule is O=C1c2c(O)c(Cl)cc3c2[C@]2(COC[C@@]4(O3)c3c2cc(Cl)c(O)c3C(=O)[C@H]2C[C@H]24)[C@@H]2C[C@H]12. The third-order valence-corrected chi connectivity index (χ3v) is 9.31. The second-order valence-electron chi connectivity index (χ2n) is 10.0. The first-order valence-electron chi connectivity index (χ1n) is 10.8. The van der Waals surface area contributed by atoms with E-state index in [1.807, 2.05) is 0 Å². The summed E-state index contributed by atoms with van der Waals surface area (Å²) in [6.45, 7) is 0.496. The van der Waals surface area contributed by atoms with Crippen molar-refractivity contribution in [2.24, 2.45) is 23.7 Å². The Morgan fingerprint density at radius 3 is 2.25 bits per heavy atom. The molecule has 4 aliphatic carbocycles. The van der Waals surface area contributed by atoms with E-state index < -0.39 is 11.0 Å². The fourth-order valence-electron chi connectivity index (χ4n) is 7.31. The predicted octanol–water partition coefficient (Wildman–Crippen LogP) is 3.97. The molecule has 6 atom stereocenters. The Labute approximate surface area is 192 Å². The van der Waals surface area contributed by atoms with Gasteiger partial charge in [0.25, 0.3) is 0 Å². The molecule has 0 amide bonds. The lowest BCUT2D eigenvalue weighted by Crippen LogP contribution is -2.45. The van der Waals surface area contributed by atoms with Gasteiger partial charge in [-0.2, -0.15) is 0 Å². The van der Waals surface area contributed by atoms with Crippen LogP contribution in [-0.2, 0) is 15.8 Å². The van der Waals surface area contributed by atoms with Crippen molar-refractivity contribution >= 4 is 34.8 Å². The van der Waals surface area contributed by atoms with Crippen molar-refractivity contribution in [1.82, 2.24) is 0 Å². The molecule has 0 aromatic heterocycles. The summed E-state index contributed by atoms with van der Waals surface area (Å²) in [5.41, 5.74) is 0.564. The Balaban J connectivity index is 1.61. The number of halogens is 2. The van der Waals surface area contributed by atoms with Gasteiger partial charge in [0.1, 0.15) is 17.2 Å². The minimum absolute atomic E-state index is 0.0584. The van der Waals surface area contributed by atoms with Gasteiger partial charge in [-0.1, -0.05) is 23.2 Å². The van der Waals surface area contributed by atoms with Crippen LogP contribution in [0.3, 0.4) is 0 Å². The van der Waals surface area contributed by atoms with Gasteiger partial charge in [0.2, 0.25) is 0 Å². The second kappa shape index (κ2) is 5.11. The second-order valence-corrected chi connectivity index (χ2v) is 10.9. The van der Waals surface area contributed by atoms with Gasteiger partial charge >= 0.3 is 0 Å². The standard InChI is InChI=1S/C24H16Cl2O6/c25-12-3-11-17-15(21(12)29)20(28)8-2-10(8)24(17)6-31-5-23(11)9-1-7(9)19(27)16-18(23)14(32-24)4-13(26)22(16)30/h3-4,7-10,29-30H,1-2,5-6H2/t7-,8-,9+,10+,23+,24-/m0/s1. The maximum absolute atomic E-state index is 13.3. The summed E-state index contributed by atoms with van der Waals surface area (Å²) in [7, 11) is 0. The number of carbonyl (C=O) groups is 2. The van der Waals surface area contributed by atoms with E-state index in [4.69, 9.17) is 32.7 Å². The number of fused-ring (bicyclic) bond motifs is 2. The zero-order valence-electron chi connectivity index (χ0n) is 16.6. The van der Waals surface area contributed by atoms with Crippen molar-refractivity contribution in [3.05, 3.63) is 50.0 Å². The molecule has 0 saturated heterocycles. The maximum Gasteiger partial charge on any atom is 0.170 e. The summed E-state index contributed by atoms with van der Waals surface area (Å²) in [6.07, 6.45) is 1.26. The lowest BCUT2D eigenvalue weighted by atomic mass is 9.62. The van der Waals surface area contributed by atoms with Crippen molar-refractivity contribution in [1.29, 1.82) is 0 Å². The minimum Gasteiger partial charge on any atom is -0.506 e. The van der Waals surface area contributed by atoms with Crippen LogP contribution in [0.4, 0.5) is 0 Å². The molecule has 8 rings (SSSR count). The number of rotatable bonds is 0. The van der Waals surface area contributed by atoms with Crippen molar-refractivity contribution < 1.29 is 29.3 Å². The van der Waals surface area contributed by atoms with E-state index in [1.165, 1.54) is 0 Å². The molecule has 2 aromatic rings. The fourth-order valence-corrected chi connectivity index (χ4v) is 7.71. The third kappa shape index (κ3) is 1.67. The van der Waals surface area contributed by atoms with E-state index in [0.29, 0.717) is 29.7 Å². The van der Waals surface area contributed by atoms with Crippen LogP contribution >= 0.6 is 23.2 Å². The van der Waals surface area contributed by atoms with Crippen molar-refractivity contribution in [2.45, 2.75) is 23.9 Å². The van der Waals surface area contributed by atoms with Crippen LogP contribution in [-0.4, -0.2) is 35.0 Å². The normalized spacial score (nSPS) is 38.6.